The van der Waals surface area contributed by atoms with Gasteiger partial charge in [-0.1, -0.05) is 12.5 Å². The van der Waals surface area contributed by atoms with Crippen molar-refractivity contribution in [2.75, 3.05) is 6.54 Å². The molecule has 178 valence electrons. The smallest absolute Gasteiger partial charge is 0.223 e. The van der Waals surface area contributed by atoms with Crippen molar-refractivity contribution in [2.45, 2.75) is 71.5 Å². The summed E-state index contributed by atoms with van der Waals surface area (Å²) >= 11 is 1.77. The highest BCUT2D eigenvalue weighted by atomic mass is 127. The van der Waals surface area contributed by atoms with E-state index in [1.165, 1.54) is 4.88 Å². The summed E-state index contributed by atoms with van der Waals surface area (Å²) in [6, 6.07) is 4.63. The van der Waals surface area contributed by atoms with Crippen LogP contribution in [0.25, 0.3) is 0 Å². The van der Waals surface area contributed by atoms with Crippen molar-refractivity contribution < 1.29 is 4.79 Å². The molecule has 1 aliphatic rings. The molecule has 3 N–H and O–H groups in total. The maximum atomic E-state index is 12.5. The molecule has 2 aromatic rings. The number of nitrogens with zero attached hydrogens (tertiary/aromatic N) is 4. The van der Waals surface area contributed by atoms with Crippen LogP contribution in [0.5, 0.6) is 0 Å². The van der Waals surface area contributed by atoms with E-state index < -0.39 is 0 Å². The van der Waals surface area contributed by atoms with Gasteiger partial charge >= 0.3 is 0 Å². The van der Waals surface area contributed by atoms with Crippen LogP contribution in [0.1, 0.15) is 56.1 Å². The molecule has 0 radical (unpaired) electrons. The van der Waals surface area contributed by atoms with Gasteiger partial charge in [0.05, 0.1) is 0 Å². The van der Waals surface area contributed by atoms with Gasteiger partial charge in [-0.15, -0.1) is 45.5 Å². The summed E-state index contributed by atoms with van der Waals surface area (Å²) in [7, 11) is 1.95. The molecule has 2 unspecified atom stereocenters. The average Bonchev–Trinajstić information content (AvgIpc) is 3.36. The third-order valence-electron chi connectivity index (χ3n) is 5.62. The van der Waals surface area contributed by atoms with Gasteiger partial charge in [-0.25, -0.2) is 4.99 Å². The Labute approximate surface area is 212 Å². The van der Waals surface area contributed by atoms with Crippen molar-refractivity contribution in [3.63, 3.8) is 0 Å². The van der Waals surface area contributed by atoms with E-state index in [1.54, 1.807) is 11.3 Å². The predicted octanol–water partition coefficient (Wildman–Crippen LogP) is 3.16. The van der Waals surface area contributed by atoms with E-state index in [0.717, 1.165) is 56.3 Å². The molecule has 32 heavy (non-hydrogen) atoms. The number of carbonyl (C=O) groups is 1. The lowest BCUT2D eigenvalue weighted by atomic mass is 9.85. The summed E-state index contributed by atoms with van der Waals surface area (Å²) in [6.45, 7) is 7.20. The van der Waals surface area contributed by atoms with E-state index >= 15 is 0 Å². The minimum atomic E-state index is 0. The molecular weight excluding hydrogens is 537 g/mol. The number of thiophene rings is 1. The maximum Gasteiger partial charge on any atom is 0.223 e. The van der Waals surface area contributed by atoms with E-state index in [2.05, 4.69) is 43.7 Å². The van der Waals surface area contributed by atoms with Crippen LogP contribution in [0.2, 0.25) is 0 Å². The fourth-order valence-electron chi connectivity index (χ4n) is 3.80. The molecule has 0 spiro atoms. The van der Waals surface area contributed by atoms with Crippen LogP contribution in [-0.4, -0.2) is 45.3 Å². The molecule has 8 nitrogen and oxygen atoms in total. The largest absolute Gasteiger partial charge is 0.356 e. The van der Waals surface area contributed by atoms with Gasteiger partial charge in [0, 0.05) is 36.5 Å². The Balaban J connectivity index is 0.00000363. The van der Waals surface area contributed by atoms with Crippen LogP contribution in [0.3, 0.4) is 0 Å². The first-order chi connectivity index (χ1) is 14.9. The van der Waals surface area contributed by atoms with Gasteiger partial charge in [0.25, 0.3) is 0 Å². The minimum absolute atomic E-state index is 0. The molecule has 1 amide bonds. The molecule has 0 bridgehead atoms. The number of nitrogens with one attached hydrogen (secondary N) is 3. The summed E-state index contributed by atoms with van der Waals surface area (Å²) in [6.07, 6.45) is 4.81. The van der Waals surface area contributed by atoms with Crippen molar-refractivity contribution in [1.82, 2.24) is 30.7 Å². The molecule has 2 aromatic heterocycles. The number of hydrogen-bond acceptors (Lipinski definition) is 5. The van der Waals surface area contributed by atoms with Crippen molar-refractivity contribution in [3.8, 4) is 0 Å². The molecule has 0 saturated heterocycles. The summed E-state index contributed by atoms with van der Waals surface area (Å²) < 4.78 is 1.96. The van der Waals surface area contributed by atoms with Gasteiger partial charge in [0.15, 0.2) is 11.8 Å². The Morgan fingerprint density at radius 2 is 2.16 bits per heavy atom. The van der Waals surface area contributed by atoms with Gasteiger partial charge in [-0.3, -0.25) is 4.79 Å². The van der Waals surface area contributed by atoms with Gasteiger partial charge in [0.1, 0.15) is 12.4 Å². The van der Waals surface area contributed by atoms with Gasteiger partial charge in [-0.2, -0.15) is 0 Å². The average molecular weight is 574 g/mol. The van der Waals surface area contributed by atoms with Crippen LogP contribution in [-0.2, 0) is 24.8 Å². The molecule has 2 heterocycles. The predicted molar refractivity (Wildman–Crippen MR) is 140 cm³/mol. The number of aromatic nitrogens is 3. The van der Waals surface area contributed by atoms with Crippen molar-refractivity contribution in [1.29, 1.82) is 0 Å². The normalized spacial score (nSPS) is 18.8. The van der Waals surface area contributed by atoms with Crippen LogP contribution in [0, 0.1) is 12.8 Å². The second-order valence-electron chi connectivity index (χ2n) is 8.51. The zero-order valence-corrected chi connectivity index (χ0v) is 22.6. The molecule has 3 rings (SSSR count). The Bertz CT molecular complexity index is 866. The van der Waals surface area contributed by atoms with Crippen LogP contribution in [0.15, 0.2) is 22.5 Å². The maximum absolute atomic E-state index is 12.5. The zero-order chi connectivity index (χ0) is 22.2. The quantitative estimate of drug-likeness (QED) is 0.256. The Morgan fingerprint density at radius 1 is 1.34 bits per heavy atom. The highest BCUT2D eigenvalue weighted by Gasteiger charge is 2.28. The second kappa shape index (κ2) is 13.1. The first-order valence-electron chi connectivity index (χ1n) is 11.1. The lowest BCUT2D eigenvalue weighted by Gasteiger charge is -2.30. The monoisotopic (exact) mass is 573 g/mol. The summed E-state index contributed by atoms with van der Waals surface area (Å²) in [4.78, 5) is 18.6. The molecular formula is C22H36IN7OS. The lowest BCUT2D eigenvalue weighted by molar-refractivity contribution is -0.126. The topological polar surface area (TPSA) is 96.2 Å². The second-order valence-corrected chi connectivity index (χ2v) is 9.54. The van der Waals surface area contributed by atoms with Crippen molar-refractivity contribution >= 4 is 47.2 Å². The number of guanidine groups is 1. The van der Waals surface area contributed by atoms with Crippen LogP contribution in [0.4, 0.5) is 0 Å². The number of aryl methyl sites for hydroxylation is 1. The van der Waals surface area contributed by atoms with Gasteiger partial charge in [0.2, 0.25) is 5.91 Å². The number of halogens is 1. The molecule has 0 aromatic carbocycles. The summed E-state index contributed by atoms with van der Waals surface area (Å²) in [5.41, 5.74) is 0. The standard InChI is InChI=1S/C22H35N7OS.HI/c1-15(2)25-21(30)17-7-5-8-18(13-17)26-22(23-11-10-19-9-6-12-31-19)24-14-20-28-27-16(3)29(20)4;/h6,9,12,15,17-18H,5,7-8,10-11,13-14H2,1-4H3,(H,25,30)(H2,23,24,26);1H. The number of aliphatic imine (C=N–C) groups is 1. The lowest BCUT2D eigenvalue weighted by Crippen LogP contribution is -2.48. The highest BCUT2D eigenvalue weighted by molar-refractivity contribution is 14.0. The number of amides is 1. The van der Waals surface area contributed by atoms with Crippen LogP contribution >= 0.6 is 35.3 Å². The number of hydrogen-bond donors (Lipinski definition) is 3. The summed E-state index contributed by atoms with van der Waals surface area (Å²) in [5.74, 6) is 2.70. The van der Waals surface area contributed by atoms with E-state index in [1.807, 2.05) is 32.4 Å². The van der Waals surface area contributed by atoms with Crippen LogP contribution < -0.4 is 16.0 Å². The Morgan fingerprint density at radius 3 is 2.81 bits per heavy atom. The first-order valence-corrected chi connectivity index (χ1v) is 12.0. The molecule has 1 fully saturated rings. The number of rotatable bonds is 8. The fourth-order valence-corrected chi connectivity index (χ4v) is 4.51. The van der Waals surface area contributed by atoms with Gasteiger partial charge in [-0.05, 0) is 57.9 Å². The van der Waals surface area contributed by atoms with E-state index in [0.29, 0.717) is 6.54 Å². The molecule has 10 heteroatoms. The van der Waals surface area contributed by atoms with E-state index in [9.17, 15) is 4.79 Å². The third-order valence-corrected chi connectivity index (χ3v) is 6.56. The minimum Gasteiger partial charge on any atom is -0.356 e. The molecule has 1 saturated carbocycles. The summed E-state index contributed by atoms with van der Waals surface area (Å²) in [5, 5.41) is 20.5. The molecule has 2 atom stereocenters. The fraction of sp³-hybridized carbons (Fsp3) is 0.636. The SMILES string of the molecule is Cc1nnc(CN=C(NCCc2cccs2)NC2CCCC(C(=O)NC(C)C)C2)n1C.I. The molecule has 0 aliphatic heterocycles. The van der Waals surface area contributed by atoms with E-state index in [4.69, 9.17) is 4.99 Å². The molecule has 1 aliphatic carbocycles. The number of carbonyl (C=O) groups excluding carboxylic acids is 1. The first kappa shape index (κ1) is 26.6. The third kappa shape index (κ3) is 8.02. The van der Waals surface area contributed by atoms with Crippen molar-refractivity contribution in [3.05, 3.63) is 34.0 Å². The highest BCUT2D eigenvalue weighted by Crippen LogP contribution is 2.24. The Kier molecular flexibility index (Phi) is 10.9. The zero-order valence-electron chi connectivity index (χ0n) is 19.4. The van der Waals surface area contributed by atoms with Crippen molar-refractivity contribution in [2.24, 2.45) is 18.0 Å². The van der Waals surface area contributed by atoms with E-state index in [-0.39, 0.29) is 47.9 Å². The Hall–Kier alpha value is -1.69. The van der Waals surface area contributed by atoms with Gasteiger partial charge < -0.3 is 20.5 Å².